The molecule has 0 fully saturated rings. The Hall–Kier alpha value is -1.16. The van der Waals surface area contributed by atoms with Crippen molar-refractivity contribution in [1.82, 2.24) is 0 Å². The monoisotopic (exact) mass is 266 g/mol. The minimum atomic E-state index is -1.21. The van der Waals surface area contributed by atoms with Gasteiger partial charge in [0.25, 0.3) is 0 Å². The van der Waals surface area contributed by atoms with Crippen LogP contribution in [0.5, 0.6) is 0 Å². The number of carbonyl (C=O) groups excluding carboxylic acids is 1. The van der Waals surface area contributed by atoms with Gasteiger partial charge in [-0.1, -0.05) is 49.4 Å². The SMILES string of the molecule is CC(C(=O)[O-])c1ccc(-c2ccccc2)c(F)c1.[Na+]. The first-order chi connectivity index (χ1) is 8.59. The number of halogens is 1. The fraction of sp³-hybridized carbons (Fsp3) is 0.133. The van der Waals surface area contributed by atoms with Gasteiger partial charge in [-0.2, -0.15) is 0 Å². The minimum Gasteiger partial charge on any atom is -0.550 e. The molecule has 92 valence electrons. The van der Waals surface area contributed by atoms with E-state index in [1.807, 2.05) is 18.2 Å². The third-order valence-electron chi connectivity index (χ3n) is 2.93. The smallest absolute Gasteiger partial charge is 0.550 e. The molecule has 2 aromatic carbocycles. The molecule has 0 N–H and O–H groups in total. The Morgan fingerprint density at radius 2 is 1.79 bits per heavy atom. The maximum Gasteiger partial charge on any atom is 1.00 e. The Labute approximate surface area is 133 Å². The molecule has 0 spiro atoms. The summed E-state index contributed by atoms with van der Waals surface area (Å²) in [7, 11) is 0. The number of aliphatic carboxylic acids is 1. The molecule has 1 atom stereocenters. The molecular formula is C15H12FNaO2. The minimum absolute atomic E-state index is 0. The predicted molar refractivity (Wildman–Crippen MR) is 65.3 cm³/mol. The summed E-state index contributed by atoms with van der Waals surface area (Å²) in [6.07, 6.45) is 0. The summed E-state index contributed by atoms with van der Waals surface area (Å²) in [5, 5.41) is 10.7. The molecule has 4 heteroatoms. The van der Waals surface area contributed by atoms with Crippen molar-refractivity contribution in [1.29, 1.82) is 0 Å². The zero-order valence-corrected chi connectivity index (χ0v) is 12.9. The van der Waals surface area contributed by atoms with Crippen LogP contribution >= 0.6 is 0 Å². The number of carbonyl (C=O) groups is 1. The van der Waals surface area contributed by atoms with E-state index in [1.54, 1.807) is 24.3 Å². The second-order valence-electron chi connectivity index (χ2n) is 4.15. The van der Waals surface area contributed by atoms with Gasteiger partial charge in [0.05, 0.1) is 0 Å². The number of rotatable bonds is 3. The molecule has 0 bridgehead atoms. The molecule has 2 nitrogen and oxygen atoms in total. The number of benzene rings is 2. The quantitative estimate of drug-likeness (QED) is 0.693. The summed E-state index contributed by atoms with van der Waals surface area (Å²) in [5.41, 5.74) is 1.64. The summed E-state index contributed by atoms with van der Waals surface area (Å²) in [4.78, 5) is 10.7. The average molecular weight is 266 g/mol. The second-order valence-corrected chi connectivity index (χ2v) is 4.15. The summed E-state index contributed by atoms with van der Waals surface area (Å²) in [6.45, 7) is 1.48. The largest absolute Gasteiger partial charge is 1.00 e. The standard InChI is InChI=1S/C15H13FO2.Na/c1-10(15(17)18)12-7-8-13(14(16)9-12)11-5-3-2-4-6-11;/h2-10H,1H3,(H,17,18);/q;+1/p-1. The molecule has 19 heavy (non-hydrogen) atoms. The zero-order chi connectivity index (χ0) is 13.1. The molecule has 0 saturated carbocycles. The van der Waals surface area contributed by atoms with Crippen molar-refractivity contribution in [2.75, 3.05) is 0 Å². The van der Waals surface area contributed by atoms with Crippen LogP contribution in [0.1, 0.15) is 18.4 Å². The molecule has 1 unspecified atom stereocenters. The Morgan fingerprint density at radius 3 is 2.32 bits per heavy atom. The maximum absolute atomic E-state index is 13.9. The number of hydrogen-bond donors (Lipinski definition) is 0. The van der Waals surface area contributed by atoms with Gasteiger partial charge in [-0.25, -0.2) is 4.39 Å². The van der Waals surface area contributed by atoms with Crippen LogP contribution in [0.2, 0.25) is 0 Å². The summed E-state index contributed by atoms with van der Waals surface area (Å²) in [6, 6.07) is 13.6. The van der Waals surface area contributed by atoms with Crippen molar-refractivity contribution in [2.45, 2.75) is 12.8 Å². The molecule has 0 aliphatic heterocycles. The van der Waals surface area contributed by atoms with Crippen molar-refractivity contribution in [3.05, 3.63) is 59.9 Å². The van der Waals surface area contributed by atoms with Crippen LogP contribution in [0.3, 0.4) is 0 Å². The van der Waals surface area contributed by atoms with E-state index in [4.69, 9.17) is 0 Å². The zero-order valence-electron chi connectivity index (χ0n) is 10.9. The molecule has 0 aromatic heterocycles. The van der Waals surface area contributed by atoms with Gasteiger partial charge >= 0.3 is 29.6 Å². The van der Waals surface area contributed by atoms with Crippen LogP contribution in [0.25, 0.3) is 11.1 Å². The topological polar surface area (TPSA) is 40.1 Å². The average Bonchev–Trinajstić information content (AvgIpc) is 2.38. The Kier molecular flexibility index (Phi) is 5.73. The Balaban J connectivity index is 0.00000180. The van der Waals surface area contributed by atoms with Crippen LogP contribution < -0.4 is 34.7 Å². The first-order valence-electron chi connectivity index (χ1n) is 5.65. The van der Waals surface area contributed by atoms with E-state index in [9.17, 15) is 14.3 Å². The van der Waals surface area contributed by atoms with E-state index in [1.165, 1.54) is 13.0 Å². The molecule has 0 aliphatic rings. The maximum atomic E-state index is 13.9. The molecule has 0 aliphatic carbocycles. The van der Waals surface area contributed by atoms with Gasteiger partial charge in [-0.15, -0.1) is 0 Å². The number of carboxylic acids is 1. The van der Waals surface area contributed by atoms with E-state index >= 15 is 0 Å². The first kappa shape index (κ1) is 15.9. The fourth-order valence-corrected chi connectivity index (χ4v) is 1.79. The summed E-state index contributed by atoms with van der Waals surface area (Å²) >= 11 is 0. The number of carboxylic acid groups (broad SMARTS) is 1. The van der Waals surface area contributed by atoms with Gasteiger partial charge < -0.3 is 9.90 Å². The van der Waals surface area contributed by atoms with E-state index in [2.05, 4.69) is 0 Å². The third-order valence-corrected chi connectivity index (χ3v) is 2.93. The van der Waals surface area contributed by atoms with E-state index < -0.39 is 17.7 Å². The van der Waals surface area contributed by atoms with Crippen LogP contribution in [0.15, 0.2) is 48.5 Å². The van der Waals surface area contributed by atoms with E-state index in [0.29, 0.717) is 11.1 Å². The molecule has 0 amide bonds. The molecule has 0 saturated heterocycles. The molecular weight excluding hydrogens is 254 g/mol. The molecule has 2 rings (SSSR count). The van der Waals surface area contributed by atoms with Crippen molar-refractivity contribution in [3.8, 4) is 11.1 Å². The second kappa shape index (κ2) is 6.85. The summed E-state index contributed by atoms with van der Waals surface area (Å²) < 4.78 is 13.9. The van der Waals surface area contributed by atoms with Crippen molar-refractivity contribution >= 4 is 5.97 Å². The number of hydrogen-bond acceptors (Lipinski definition) is 2. The van der Waals surface area contributed by atoms with Crippen LogP contribution in [0, 0.1) is 5.82 Å². The van der Waals surface area contributed by atoms with Crippen molar-refractivity contribution in [3.63, 3.8) is 0 Å². The van der Waals surface area contributed by atoms with Gasteiger partial charge in [-0.05, 0) is 17.2 Å². The predicted octanol–water partition coefficient (Wildman–Crippen LogP) is -0.650. The van der Waals surface area contributed by atoms with Crippen molar-refractivity contribution < 1.29 is 43.8 Å². The van der Waals surface area contributed by atoms with Gasteiger partial charge in [0.15, 0.2) is 0 Å². The van der Waals surface area contributed by atoms with Gasteiger partial charge in [-0.3, -0.25) is 0 Å². The van der Waals surface area contributed by atoms with Crippen molar-refractivity contribution in [2.24, 2.45) is 0 Å². The third kappa shape index (κ3) is 3.66. The Morgan fingerprint density at radius 1 is 1.16 bits per heavy atom. The molecule has 2 aromatic rings. The van der Waals surface area contributed by atoms with Gasteiger partial charge in [0, 0.05) is 17.5 Å². The molecule has 0 heterocycles. The van der Waals surface area contributed by atoms with E-state index in [0.717, 1.165) is 5.56 Å². The van der Waals surface area contributed by atoms with Crippen LogP contribution in [0.4, 0.5) is 4.39 Å². The van der Waals surface area contributed by atoms with E-state index in [-0.39, 0.29) is 29.6 Å². The van der Waals surface area contributed by atoms with Crippen LogP contribution in [-0.2, 0) is 4.79 Å². The van der Waals surface area contributed by atoms with Gasteiger partial charge in [0.2, 0.25) is 0 Å². The summed E-state index contributed by atoms with van der Waals surface area (Å²) in [5.74, 6) is -2.45. The molecule has 0 radical (unpaired) electrons. The van der Waals surface area contributed by atoms with Gasteiger partial charge in [0.1, 0.15) is 5.82 Å². The normalized spacial score (nSPS) is 11.5. The fourth-order valence-electron chi connectivity index (χ4n) is 1.79. The van der Waals surface area contributed by atoms with Crippen LogP contribution in [-0.4, -0.2) is 5.97 Å². The first-order valence-corrected chi connectivity index (χ1v) is 5.65. The Bertz CT molecular complexity index is 570.